The van der Waals surface area contributed by atoms with Crippen LogP contribution in [0.2, 0.25) is 0 Å². The smallest absolute Gasteiger partial charge is 0.213 e. The molecule has 90 valence electrons. The second-order valence-corrected chi connectivity index (χ2v) is 3.68. The lowest BCUT2D eigenvalue weighted by Crippen LogP contribution is -2.00. The maximum Gasteiger partial charge on any atom is 0.213 e. The Kier molecular flexibility index (Phi) is 3.04. The van der Waals surface area contributed by atoms with Crippen LogP contribution in [0.1, 0.15) is 12.5 Å². The van der Waals surface area contributed by atoms with E-state index in [1.807, 2.05) is 13.8 Å². The summed E-state index contributed by atoms with van der Waals surface area (Å²) in [6, 6.07) is 4.92. The van der Waals surface area contributed by atoms with Gasteiger partial charge < -0.3 is 14.6 Å². The molecule has 1 heterocycles. The van der Waals surface area contributed by atoms with Crippen LogP contribution in [0.5, 0.6) is 17.4 Å². The Balaban J connectivity index is 2.70. The van der Waals surface area contributed by atoms with E-state index in [0.29, 0.717) is 23.4 Å². The van der Waals surface area contributed by atoms with Crippen molar-refractivity contribution >= 4 is 10.9 Å². The number of hydrogen-bond donors (Lipinski definition) is 0. The summed E-state index contributed by atoms with van der Waals surface area (Å²) in [7, 11) is 1.60. The molecule has 0 amide bonds. The van der Waals surface area contributed by atoms with Gasteiger partial charge in [-0.05, 0) is 37.4 Å². The number of methoxy groups -OCH3 is 1. The Bertz CT molecular complexity index is 552. The van der Waals surface area contributed by atoms with Gasteiger partial charge in [0.05, 0.1) is 19.2 Å². The molecular formula is C13H14NO3-. The van der Waals surface area contributed by atoms with Gasteiger partial charge in [-0.3, -0.25) is 0 Å². The average Bonchev–Trinajstić information content (AvgIpc) is 2.31. The number of aryl methyl sites for hydroxylation is 1. The standard InChI is InChI=1S/C13H15NO3/c1-4-17-12-7-10(15)9-5-6-11(16-3)8(2)13(9)14-12/h5-7H,4H2,1-3H3,(H,14,15)/p-1. The molecule has 0 unspecified atom stereocenters. The maximum atomic E-state index is 11.9. The van der Waals surface area contributed by atoms with Gasteiger partial charge in [0.15, 0.2) is 0 Å². The Morgan fingerprint density at radius 1 is 1.35 bits per heavy atom. The fourth-order valence-corrected chi connectivity index (χ4v) is 1.80. The van der Waals surface area contributed by atoms with E-state index in [2.05, 4.69) is 4.98 Å². The highest BCUT2D eigenvalue weighted by Gasteiger charge is 2.07. The summed E-state index contributed by atoms with van der Waals surface area (Å²) in [5, 5.41) is 12.5. The van der Waals surface area contributed by atoms with Crippen LogP contribution < -0.4 is 14.6 Å². The Morgan fingerprint density at radius 2 is 2.12 bits per heavy atom. The molecule has 0 atom stereocenters. The Labute approximate surface area is 99.8 Å². The van der Waals surface area contributed by atoms with Gasteiger partial charge in [-0.1, -0.05) is 5.75 Å². The molecule has 2 rings (SSSR count). The summed E-state index contributed by atoms with van der Waals surface area (Å²) in [5.41, 5.74) is 1.49. The molecule has 0 saturated carbocycles. The van der Waals surface area contributed by atoms with E-state index in [1.54, 1.807) is 19.2 Å². The van der Waals surface area contributed by atoms with Gasteiger partial charge in [0.2, 0.25) is 5.88 Å². The highest BCUT2D eigenvalue weighted by atomic mass is 16.5. The van der Waals surface area contributed by atoms with Crippen LogP contribution in [0, 0.1) is 6.92 Å². The van der Waals surface area contributed by atoms with Gasteiger partial charge in [-0.15, -0.1) is 0 Å². The molecule has 4 heteroatoms. The largest absolute Gasteiger partial charge is 0.872 e. The van der Waals surface area contributed by atoms with Gasteiger partial charge in [-0.25, -0.2) is 4.98 Å². The molecule has 0 aliphatic heterocycles. The van der Waals surface area contributed by atoms with Crippen molar-refractivity contribution in [3.05, 3.63) is 23.8 Å². The molecule has 17 heavy (non-hydrogen) atoms. The highest BCUT2D eigenvalue weighted by molar-refractivity contribution is 5.89. The third kappa shape index (κ3) is 1.98. The van der Waals surface area contributed by atoms with Crippen LogP contribution in [-0.2, 0) is 0 Å². The second kappa shape index (κ2) is 4.49. The fourth-order valence-electron chi connectivity index (χ4n) is 1.80. The minimum Gasteiger partial charge on any atom is -0.872 e. The van der Waals surface area contributed by atoms with Crippen LogP contribution in [-0.4, -0.2) is 18.7 Å². The zero-order chi connectivity index (χ0) is 12.4. The molecule has 0 spiro atoms. The van der Waals surface area contributed by atoms with Gasteiger partial charge in [0.1, 0.15) is 5.75 Å². The molecule has 0 aliphatic rings. The van der Waals surface area contributed by atoms with Gasteiger partial charge >= 0.3 is 0 Å². The Morgan fingerprint density at radius 3 is 2.76 bits per heavy atom. The number of ether oxygens (including phenoxy) is 2. The van der Waals surface area contributed by atoms with Gasteiger partial charge in [0.25, 0.3) is 0 Å². The number of hydrogen-bond acceptors (Lipinski definition) is 4. The van der Waals surface area contributed by atoms with Crippen molar-refractivity contribution in [3.8, 4) is 17.4 Å². The molecule has 0 N–H and O–H groups in total. The minimum atomic E-state index is -0.0794. The van der Waals surface area contributed by atoms with Crippen LogP contribution in [0.25, 0.3) is 10.9 Å². The third-order valence-corrected chi connectivity index (χ3v) is 2.64. The number of rotatable bonds is 3. The van der Waals surface area contributed by atoms with Crippen molar-refractivity contribution in [2.24, 2.45) is 0 Å². The monoisotopic (exact) mass is 232 g/mol. The topological polar surface area (TPSA) is 54.4 Å². The van der Waals surface area contributed by atoms with Crippen LogP contribution in [0.4, 0.5) is 0 Å². The summed E-state index contributed by atoms with van der Waals surface area (Å²) in [5.74, 6) is 1.00. The lowest BCUT2D eigenvalue weighted by Gasteiger charge is -2.15. The zero-order valence-electron chi connectivity index (χ0n) is 10.1. The quantitative estimate of drug-likeness (QED) is 0.812. The van der Waals surface area contributed by atoms with E-state index >= 15 is 0 Å². The summed E-state index contributed by atoms with van der Waals surface area (Å²) in [6.45, 7) is 4.22. The van der Waals surface area contributed by atoms with E-state index in [9.17, 15) is 5.11 Å². The molecule has 0 saturated heterocycles. The lowest BCUT2D eigenvalue weighted by atomic mass is 10.1. The number of nitrogens with zero attached hydrogens (tertiary/aromatic N) is 1. The molecule has 0 fully saturated rings. The number of pyridine rings is 1. The first-order valence-corrected chi connectivity index (χ1v) is 5.45. The van der Waals surface area contributed by atoms with Crippen molar-refractivity contribution in [3.63, 3.8) is 0 Å². The van der Waals surface area contributed by atoms with Crippen LogP contribution >= 0.6 is 0 Å². The first-order valence-electron chi connectivity index (χ1n) is 5.45. The molecular weight excluding hydrogens is 218 g/mol. The van der Waals surface area contributed by atoms with Crippen LogP contribution in [0.15, 0.2) is 18.2 Å². The van der Waals surface area contributed by atoms with Crippen molar-refractivity contribution < 1.29 is 14.6 Å². The number of aromatic nitrogens is 1. The van der Waals surface area contributed by atoms with Crippen LogP contribution in [0.3, 0.4) is 0 Å². The van der Waals surface area contributed by atoms with Crippen molar-refractivity contribution in [2.75, 3.05) is 13.7 Å². The predicted octanol–water partition coefficient (Wildman–Crippen LogP) is 2.02. The van der Waals surface area contributed by atoms with Gasteiger partial charge in [-0.2, -0.15) is 0 Å². The van der Waals surface area contributed by atoms with E-state index in [1.165, 1.54) is 6.07 Å². The summed E-state index contributed by atoms with van der Waals surface area (Å²) >= 11 is 0. The van der Waals surface area contributed by atoms with Gasteiger partial charge in [0, 0.05) is 5.56 Å². The molecule has 4 nitrogen and oxygen atoms in total. The van der Waals surface area contributed by atoms with Crippen molar-refractivity contribution in [2.45, 2.75) is 13.8 Å². The molecule has 0 radical (unpaired) electrons. The van der Waals surface area contributed by atoms with E-state index in [4.69, 9.17) is 9.47 Å². The SMILES string of the molecule is CCOc1cc([O-])c2ccc(OC)c(C)c2n1. The molecule has 0 bridgehead atoms. The number of benzene rings is 1. The summed E-state index contributed by atoms with van der Waals surface area (Å²) < 4.78 is 10.5. The van der Waals surface area contributed by atoms with Crippen molar-refractivity contribution in [1.82, 2.24) is 4.98 Å². The predicted molar refractivity (Wildman–Crippen MR) is 63.6 cm³/mol. The first kappa shape index (κ1) is 11.5. The first-order chi connectivity index (χ1) is 8.17. The molecule has 0 aliphatic carbocycles. The minimum absolute atomic E-state index is 0.0794. The van der Waals surface area contributed by atoms with E-state index in [-0.39, 0.29) is 5.75 Å². The molecule has 2 aromatic rings. The molecule has 1 aromatic carbocycles. The molecule has 1 aromatic heterocycles. The highest BCUT2D eigenvalue weighted by Crippen LogP contribution is 2.31. The van der Waals surface area contributed by atoms with Crippen molar-refractivity contribution in [1.29, 1.82) is 0 Å². The maximum absolute atomic E-state index is 11.9. The second-order valence-electron chi connectivity index (χ2n) is 3.68. The number of fused-ring (bicyclic) bond motifs is 1. The van der Waals surface area contributed by atoms with E-state index in [0.717, 1.165) is 11.3 Å². The lowest BCUT2D eigenvalue weighted by molar-refractivity contribution is -0.266. The Hall–Kier alpha value is -1.97. The summed E-state index contributed by atoms with van der Waals surface area (Å²) in [4.78, 5) is 4.33. The fraction of sp³-hybridized carbons (Fsp3) is 0.308. The summed E-state index contributed by atoms with van der Waals surface area (Å²) in [6.07, 6.45) is 0. The third-order valence-electron chi connectivity index (χ3n) is 2.64. The normalized spacial score (nSPS) is 10.5. The average molecular weight is 232 g/mol. The van der Waals surface area contributed by atoms with E-state index < -0.39 is 0 Å². The zero-order valence-corrected chi connectivity index (χ0v) is 10.1.